The van der Waals surface area contributed by atoms with Crippen molar-refractivity contribution in [1.29, 1.82) is 0 Å². The van der Waals surface area contributed by atoms with E-state index in [1.165, 1.54) is 4.88 Å². The van der Waals surface area contributed by atoms with E-state index in [2.05, 4.69) is 37.7 Å². The number of halogens is 1. The summed E-state index contributed by atoms with van der Waals surface area (Å²) < 4.78 is 1.10. The van der Waals surface area contributed by atoms with Crippen LogP contribution in [0.5, 0.6) is 0 Å². The average Bonchev–Trinajstić information content (AvgIpc) is 2.73. The van der Waals surface area contributed by atoms with Gasteiger partial charge in [0.25, 0.3) is 0 Å². The highest BCUT2D eigenvalue weighted by molar-refractivity contribution is 9.10. The Labute approximate surface area is 117 Å². The largest absolute Gasteiger partial charge is 0.389 e. The lowest BCUT2D eigenvalue weighted by Crippen LogP contribution is -2.13. The molecule has 2 aromatic rings. The van der Waals surface area contributed by atoms with Gasteiger partial charge in [-0.1, -0.05) is 12.2 Å². The molecule has 0 aromatic carbocycles. The Bertz CT molecular complexity index is 539. The topological polar surface area (TPSA) is 50.9 Å². The third-order valence-electron chi connectivity index (χ3n) is 2.16. The first-order chi connectivity index (χ1) is 8.16. The van der Waals surface area contributed by atoms with Crippen molar-refractivity contribution in [2.24, 2.45) is 5.73 Å². The van der Waals surface area contributed by atoms with Gasteiger partial charge in [0.15, 0.2) is 0 Å². The molecular weight excluding hydrogens is 318 g/mol. The van der Waals surface area contributed by atoms with E-state index < -0.39 is 0 Å². The highest BCUT2D eigenvalue weighted by Crippen LogP contribution is 2.21. The number of anilines is 1. The van der Waals surface area contributed by atoms with E-state index >= 15 is 0 Å². The Morgan fingerprint density at radius 1 is 1.59 bits per heavy atom. The first-order valence-corrected chi connectivity index (χ1v) is 6.95. The van der Waals surface area contributed by atoms with Gasteiger partial charge in [-0.2, -0.15) is 0 Å². The maximum absolute atomic E-state index is 5.65. The quantitative estimate of drug-likeness (QED) is 0.847. The van der Waals surface area contributed by atoms with E-state index in [0.717, 1.165) is 22.3 Å². The van der Waals surface area contributed by atoms with Crippen molar-refractivity contribution in [2.45, 2.75) is 6.54 Å². The van der Waals surface area contributed by atoms with Crippen molar-refractivity contribution in [2.75, 3.05) is 5.32 Å². The molecule has 17 heavy (non-hydrogen) atoms. The highest BCUT2D eigenvalue weighted by Gasteiger charge is 2.05. The van der Waals surface area contributed by atoms with Crippen molar-refractivity contribution in [3.63, 3.8) is 0 Å². The molecule has 2 aromatic heterocycles. The lowest BCUT2D eigenvalue weighted by Gasteiger charge is -2.09. The van der Waals surface area contributed by atoms with Crippen LogP contribution in [0.3, 0.4) is 0 Å². The predicted molar refractivity (Wildman–Crippen MR) is 79.5 cm³/mol. The zero-order valence-electron chi connectivity index (χ0n) is 8.81. The molecule has 0 aliphatic heterocycles. The second-order valence-electron chi connectivity index (χ2n) is 3.37. The fourth-order valence-corrected chi connectivity index (χ4v) is 2.95. The number of nitrogens with zero attached hydrogens (tertiary/aromatic N) is 1. The molecule has 0 saturated carbocycles. The Balaban J connectivity index is 2.11. The van der Waals surface area contributed by atoms with Crippen LogP contribution in [0, 0.1) is 0 Å². The maximum Gasteiger partial charge on any atom is 0.106 e. The number of thiocarbonyl (C=S) groups is 1. The van der Waals surface area contributed by atoms with E-state index in [0.29, 0.717) is 4.99 Å². The number of hydrogen-bond donors (Lipinski definition) is 2. The van der Waals surface area contributed by atoms with E-state index in [4.69, 9.17) is 18.0 Å². The molecule has 0 saturated heterocycles. The Hall–Kier alpha value is -0.980. The summed E-state index contributed by atoms with van der Waals surface area (Å²) in [6, 6.07) is 3.89. The van der Waals surface area contributed by atoms with Gasteiger partial charge in [0.1, 0.15) is 4.99 Å². The van der Waals surface area contributed by atoms with Gasteiger partial charge >= 0.3 is 0 Å². The summed E-state index contributed by atoms with van der Waals surface area (Å²) >= 11 is 10.1. The van der Waals surface area contributed by atoms with Gasteiger partial charge < -0.3 is 11.1 Å². The Kier molecular flexibility index (Phi) is 4.09. The summed E-state index contributed by atoms with van der Waals surface area (Å²) in [5.41, 5.74) is 7.34. The first-order valence-electron chi connectivity index (χ1n) is 4.87. The molecule has 3 nitrogen and oxygen atoms in total. The van der Waals surface area contributed by atoms with Gasteiger partial charge in [-0.05, 0) is 28.1 Å². The van der Waals surface area contributed by atoms with Crippen LogP contribution >= 0.6 is 39.5 Å². The molecule has 6 heteroatoms. The van der Waals surface area contributed by atoms with Crippen LogP contribution in [0.4, 0.5) is 5.69 Å². The van der Waals surface area contributed by atoms with Crippen LogP contribution in [0.25, 0.3) is 0 Å². The maximum atomic E-state index is 5.65. The zero-order chi connectivity index (χ0) is 12.3. The van der Waals surface area contributed by atoms with Crippen LogP contribution < -0.4 is 11.1 Å². The third kappa shape index (κ3) is 3.24. The molecule has 3 N–H and O–H groups in total. The Morgan fingerprint density at radius 3 is 3.06 bits per heavy atom. The summed E-state index contributed by atoms with van der Waals surface area (Å²) in [6.07, 6.45) is 3.42. The molecule has 0 bridgehead atoms. The normalized spacial score (nSPS) is 10.2. The SMILES string of the molecule is NC(=S)c1ccncc1NCc1cc(Br)cs1. The zero-order valence-corrected chi connectivity index (χ0v) is 12.0. The molecule has 0 radical (unpaired) electrons. The second kappa shape index (κ2) is 5.57. The third-order valence-corrected chi connectivity index (χ3v) is 4.08. The molecular formula is C11H10BrN3S2. The van der Waals surface area contributed by atoms with Crippen LogP contribution in [0.15, 0.2) is 34.4 Å². The van der Waals surface area contributed by atoms with Gasteiger partial charge in [-0.15, -0.1) is 11.3 Å². The van der Waals surface area contributed by atoms with E-state index in [1.807, 2.05) is 6.07 Å². The van der Waals surface area contributed by atoms with E-state index in [9.17, 15) is 0 Å². The first kappa shape index (κ1) is 12.5. The number of nitrogens with one attached hydrogen (secondary N) is 1. The number of hydrogen-bond acceptors (Lipinski definition) is 4. The summed E-state index contributed by atoms with van der Waals surface area (Å²) in [6.45, 7) is 0.734. The molecule has 0 unspecified atom stereocenters. The molecule has 0 aliphatic rings. The fraction of sp³-hybridized carbons (Fsp3) is 0.0909. The van der Waals surface area contributed by atoms with Crippen LogP contribution in [0.1, 0.15) is 10.4 Å². The van der Waals surface area contributed by atoms with Gasteiger partial charge in [-0.3, -0.25) is 4.98 Å². The molecule has 0 atom stereocenters. The van der Waals surface area contributed by atoms with Crippen molar-refractivity contribution in [3.05, 3.63) is 44.8 Å². The molecule has 0 amide bonds. The monoisotopic (exact) mass is 327 g/mol. The van der Waals surface area contributed by atoms with Gasteiger partial charge in [0, 0.05) is 33.0 Å². The van der Waals surface area contributed by atoms with E-state index in [1.54, 1.807) is 23.7 Å². The lowest BCUT2D eigenvalue weighted by molar-refractivity contribution is 1.17. The van der Waals surface area contributed by atoms with Crippen molar-refractivity contribution in [1.82, 2.24) is 4.98 Å². The number of nitrogens with two attached hydrogens (primary N) is 1. The van der Waals surface area contributed by atoms with Crippen molar-refractivity contribution in [3.8, 4) is 0 Å². The number of thiophene rings is 1. The van der Waals surface area contributed by atoms with Crippen molar-refractivity contribution < 1.29 is 0 Å². The second-order valence-corrected chi connectivity index (χ2v) is 5.72. The van der Waals surface area contributed by atoms with Gasteiger partial charge in [-0.25, -0.2) is 0 Å². The number of aromatic nitrogens is 1. The predicted octanol–water partition coefficient (Wildman–Crippen LogP) is 3.15. The van der Waals surface area contributed by atoms with Crippen LogP contribution in [0.2, 0.25) is 0 Å². The number of pyridine rings is 1. The lowest BCUT2D eigenvalue weighted by atomic mass is 10.2. The minimum absolute atomic E-state index is 0.377. The standard InChI is InChI=1S/C11H10BrN3S2/c12-7-3-8(17-6-7)4-15-10-5-14-2-1-9(10)11(13)16/h1-3,5-6,15H,4H2,(H2,13,16). The average molecular weight is 328 g/mol. The summed E-state index contributed by atoms with van der Waals surface area (Å²) in [5.74, 6) is 0. The molecule has 88 valence electrons. The number of rotatable bonds is 4. The van der Waals surface area contributed by atoms with Gasteiger partial charge in [0.05, 0.1) is 11.9 Å². The summed E-state index contributed by atoms with van der Waals surface area (Å²) in [7, 11) is 0. The minimum atomic E-state index is 0.377. The van der Waals surface area contributed by atoms with Crippen LogP contribution in [-0.4, -0.2) is 9.97 Å². The van der Waals surface area contributed by atoms with Gasteiger partial charge in [0.2, 0.25) is 0 Å². The fourth-order valence-electron chi connectivity index (χ4n) is 1.38. The molecule has 0 spiro atoms. The van der Waals surface area contributed by atoms with Crippen molar-refractivity contribution >= 4 is 50.2 Å². The molecule has 0 aliphatic carbocycles. The summed E-state index contributed by atoms with van der Waals surface area (Å²) in [4.78, 5) is 5.67. The molecule has 2 heterocycles. The van der Waals surface area contributed by atoms with Crippen LogP contribution in [-0.2, 0) is 6.54 Å². The Morgan fingerprint density at radius 2 is 2.41 bits per heavy atom. The highest BCUT2D eigenvalue weighted by atomic mass is 79.9. The summed E-state index contributed by atoms with van der Waals surface area (Å²) in [5, 5.41) is 5.33. The van der Waals surface area contributed by atoms with E-state index in [-0.39, 0.29) is 0 Å². The molecule has 2 rings (SSSR count). The minimum Gasteiger partial charge on any atom is -0.389 e. The molecule has 0 fully saturated rings. The smallest absolute Gasteiger partial charge is 0.106 e.